The van der Waals surface area contributed by atoms with E-state index in [0.717, 1.165) is 12.3 Å². The van der Waals surface area contributed by atoms with Crippen LogP contribution in [0.2, 0.25) is 0 Å². The van der Waals surface area contributed by atoms with Crippen LogP contribution in [-0.2, 0) is 13.2 Å². The van der Waals surface area contributed by atoms with Crippen molar-refractivity contribution in [1.82, 2.24) is 29.7 Å². The van der Waals surface area contributed by atoms with E-state index in [9.17, 15) is 27.2 Å². The zero-order chi connectivity index (χ0) is 28.6. The number of aromatic amines is 1. The van der Waals surface area contributed by atoms with Gasteiger partial charge in [0.2, 0.25) is 0 Å². The summed E-state index contributed by atoms with van der Waals surface area (Å²) in [6.07, 6.45) is 9.29. The van der Waals surface area contributed by atoms with Crippen LogP contribution < -0.4 is 21.6 Å². The van der Waals surface area contributed by atoms with Crippen molar-refractivity contribution >= 4 is 16.6 Å². The fourth-order valence-corrected chi connectivity index (χ4v) is 3.73. The van der Waals surface area contributed by atoms with Gasteiger partial charge in [0.05, 0.1) is 54.2 Å². The number of H-pyrrole nitrogens is 1. The van der Waals surface area contributed by atoms with Crippen LogP contribution in [-0.4, -0.2) is 36.8 Å². The lowest BCUT2D eigenvalue weighted by atomic mass is 10.0. The number of anilines is 1. The number of rotatable bonds is 2. The van der Waals surface area contributed by atoms with E-state index in [1.165, 1.54) is 75.0 Å². The number of fused-ring (bicyclic) bond motifs is 1. The molecule has 0 atom stereocenters. The average molecular weight is 550 g/mol. The Balaban J connectivity index is 0.000000195. The molecule has 0 aliphatic heterocycles. The summed E-state index contributed by atoms with van der Waals surface area (Å²) in [4.78, 5) is 34.7. The number of nitrogens with one attached hydrogen (secondary N) is 1. The third kappa shape index (κ3) is 7.58. The summed E-state index contributed by atoms with van der Waals surface area (Å²) in [6.45, 7) is 0. The number of nitrogen functional groups attached to an aromatic ring is 1. The van der Waals surface area contributed by atoms with E-state index < -0.39 is 28.8 Å². The quantitative estimate of drug-likeness (QED) is 0.354. The number of methoxy groups -OCH3 is 1. The number of hydrogen-bond acceptors (Lipinski definition) is 8. The summed E-state index contributed by atoms with van der Waals surface area (Å²) < 4.78 is 56.4. The molecule has 0 saturated heterocycles. The number of hydrogen-bond donors (Lipinski definition) is 2. The highest BCUT2D eigenvalue weighted by Crippen LogP contribution is 2.29. The molecule has 0 bridgehead atoms. The summed E-state index contributed by atoms with van der Waals surface area (Å²) in [5, 5.41) is 4.95. The lowest BCUT2D eigenvalue weighted by Gasteiger charge is -2.06. The van der Waals surface area contributed by atoms with E-state index in [-0.39, 0.29) is 22.3 Å². The molecule has 0 spiro atoms. The van der Waals surface area contributed by atoms with Crippen LogP contribution in [0.25, 0.3) is 22.3 Å². The van der Waals surface area contributed by atoms with Crippen LogP contribution in [0, 0.1) is 5.82 Å². The van der Waals surface area contributed by atoms with Gasteiger partial charge in [-0.1, -0.05) is 38.5 Å². The Labute approximate surface area is 219 Å². The van der Waals surface area contributed by atoms with Crippen LogP contribution in [0.4, 0.5) is 23.2 Å². The van der Waals surface area contributed by atoms with Gasteiger partial charge in [-0.2, -0.15) is 18.3 Å². The number of nitrogens with two attached hydrogens (primary N) is 1. The number of nitrogens with zero attached hydrogens (tertiary/aromatic N) is 5. The number of ether oxygens (including phenoxy) is 1. The van der Waals surface area contributed by atoms with Gasteiger partial charge >= 0.3 is 6.18 Å². The third-order valence-corrected chi connectivity index (χ3v) is 5.78. The Bertz CT molecular complexity index is 1500. The number of alkyl halides is 3. The minimum absolute atomic E-state index is 0.186. The van der Waals surface area contributed by atoms with Gasteiger partial charge in [-0.3, -0.25) is 9.59 Å². The number of halogens is 4. The molecular formula is C25H27F4N7O3. The van der Waals surface area contributed by atoms with Gasteiger partial charge in [0, 0.05) is 7.05 Å². The molecule has 0 unspecified atom stereocenters. The lowest BCUT2D eigenvalue weighted by molar-refractivity contribution is -0.138. The van der Waals surface area contributed by atoms with Crippen molar-refractivity contribution in [3.8, 4) is 17.1 Å². The first-order valence-corrected chi connectivity index (χ1v) is 11.9. The van der Waals surface area contributed by atoms with E-state index in [0.29, 0.717) is 11.3 Å². The Morgan fingerprint density at radius 1 is 0.974 bits per heavy atom. The Hall–Kier alpha value is -4.36. The molecule has 3 aromatic heterocycles. The second kappa shape index (κ2) is 12.9. The Morgan fingerprint density at radius 3 is 2.05 bits per heavy atom. The molecule has 39 heavy (non-hydrogen) atoms. The SMILES string of the molecule is C1CCCCC1.COc1cnc(-c2cc3ncn(C)c(=O)c3cc2F)nc1.Nc1cn[nH]c(=O)c1C(F)(F)F. The van der Waals surface area contributed by atoms with Crippen LogP contribution in [0.15, 0.2) is 46.6 Å². The lowest BCUT2D eigenvalue weighted by Crippen LogP contribution is -2.24. The molecular weight excluding hydrogens is 522 g/mol. The Morgan fingerprint density at radius 2 is 1.56 bits per heavy atom. The number of aromatic nitrogens is 6. The zero-order valence-corrected chi connectivity index (χ0v) is 21.3. The maximum absolute atomic E-state index is 14.2. The smallest absolute Gasteiger partial charge is 0.423 e. The van der Waals surface area contributed by atoms with E-state index in [2.05, 4.69) is 20.1 Å². The summed E-state index contributed by atoms with van der Waals surface area (Å²) in [5.41, 5.74) is 1.77. The van der Waals surface area contributed by atoms with Crippen molar-refractivity contribution in [1.29, 1.82) is 0 Å². The van der Waals surface area contributed by atoms with Gasteiger partial charge in [0.1, 0.15) is 11.4 Å². The highest BCUT2D eigenvalue weighted by atomic mass is 19.4. The first kappa shape index (κ1) is 29.2. The predicted octanol–water partition coefficient (Wildman–Crippen LogP) is 4.25. The molecule has 5 rings (SSSR count). The zero-order valence-electron chi connectivity index (χ0n) is 21.3. The van der Waals surface area contributed by atoms with Crippen LogP contribution >= 0.6 is 0 Å². The van der Waals surface area contributed by atoms with E-state index in [1.54, 1.807) is 12.1 Å². The first-order chi connectivity index (χ1) is 18.5. The van der Waals surface area contributed by atoms with E-state index >= 15 is 0 Å². The van der Waals surface area contributed by atoms with Crippen molar-refractivity contribution in [2.45, 2.75) is 44.7 Å². The topological polar surface area (TPSA) is 142 Å². The predicted molar refractivity (Wildman–Crippen MR) is 136 cm³/mol. The molecule has 4 aromatic rings. The molecule has 10 nitrogen and oxygen atoms in total. The molecule has 208 valence electrons. The molecule has 0 radical (unpaired) electrons. The van der Waals surface area contributed by atoms with Crippen LogP contribution in [0.3, 0.4) is 0 Å². The van der Waals surface area contributed by atoms with E-state index in [4.69, 9.17) is 10.5 Å². The molecule has 3 heterocycles. The molecule has 3 N–H and O–H groups in total. The molecule has 1 saturated carbocycles. The minimum Gasteiger partial charge on any atom is -0.494 e. The molecule has 1 aliphatic rings. The largest absolute Gasteiger partial charge is 0.494 e. The summed E-state index contributed by atoms with van der Waals surface area (Å²) in [7, 11) is 3.06. The molecule has 1 aromatic carbocycles. The fraction of sp³-hybridized carbons (Fsp3) is 0.360. The molecule has 14 heteroatoms. The first-order valence-electron chi connectivity index (χ1n) is 11.9. The highest BCUT2D eigenvalue weighted by molar-refractivity contribution is 5.82. The van der Waals surface area contributed by atoms with Gasteiger partial charge < -0.3 is 15.0 Å². The van der Waals surface area contributed by atoms with Gasteiger partial charge in [-0.15, -0.1) is 0 Å². The molecule has 0 amide bonds. The third-order valence-electron chi connectivity index (χ3n) is 5.78. The molecule has 1 fully saturated rings. The standard InChI is InChI=1S/C14H11FN4O2.C6H12.C5H4F3N3O/c1-19-7-18-12-4-9(11(15)3-10(12)14(19)20)13-16-5-8(21-2)6-17-13;1-2-4-6-5-3-1;6-5(7,8)3-2(9)1-10-11-4(3)12/h3-7H,1-2H3;1-6H2;1H,(H3,9,11,12). The van der Waals surface area contributed by atoms with Crippen LogP contribution in [0.1, 0.15) is 44.1 Å². The minimum atomic E-state index is -4.74. The maximum atomic E-state index is 14.2. The van der Waals surface area contributed by atoms with Crippen molar-refractivity contribution in [2.75, 3.05) is 12.8 Å². The summed E-state index contributed by atoms with van der Waals surface area (Å²) in [5.74, 6) is 0.113. The fourth-order valence-electron chi connectivity index (χ4n) is 3.73. The van der Waals surface area contributed by atoms with Crippen LogP contribution in [0.5, 0.6) is 5.75 Å². The summed E-state index contributed by atoms with van der Waals surface area (Å²) >= 11 is 0. The normalized spacial score (nSPS) is 13.1. The van der Waals surface area contributed by atoms with Gasteiger partial charge in [-0.25, -0.2) is 24.4 Å². The van der Waals surface area contributed by atoms with Crippen molar-refractivity contribution in [2.24, 2.45) is 7.05 Å². The van der Waals surface area contributed by atoms with Gasteiger partial charge in [0.25, 0.3) is 11.1 Å². The van der Waals surface area contributed by atoms with Gasteiger partial charge in [0.15, 0.2) is 11.6 Å². The second-order valence-electron chi connectivity index (χ2n) is 8.60. The Kier molecular flexibility index (Phi) is 9.68. The van der Waals surface area contributed by atoms with Gasteiger partial charge in [-0.05, 0) is 12.1 Å². The molecule has 1 aliphatic carbocycles. The maximum Gasteiger partial charge on any atom is 0.423 e. The second-order valence-corrected chi connectivity index (χ2v) is 8.60. The van der Waals surface area contributed by atoms with Crippen molar-refractivity contribution < 1.29 is 22.3 Å². The average Bonchev–Trinajstić information content (AvgIpc) is 2.92. The number of aryl methyl sites for hydroxylation is 1. The highest BCUT2D eigenvalue weighted by Gasteiger charge is 2.36. The monoisotopic (exact) mass is 549 g/mol. The number of benzene rings is 1. The summed E-state index contributed by atoms with van der Waals surface area (Å²) in [6, 6.07) is 2.63. The van der Waals surface area contributed by atoms with Crippen molar-refractivity contribution in [3.05, 3.63) is 69.1 Å². The van der Waals surface area contributed by atoms with E-state index in [1.807, 2.05) is 0 Å². The van der Waals surface area contributed by atoms with Crippen molar-refractivity contribution in [3.63, 3.8) is 0 Å².